The van der Waals surface area contributed by atoms with Gasteiger partial charge in [-0.1, -0.05) is 19.8 Å². The Hall–Kier alpha value is -0.760. The topological polar surface area (TPSA) is 17.0 Å². The summed E-state index contributed by atoms with van der Waals surface area (Å²) in [6, 6.07) is 2.22. The number of nitrogens with one attached hydrogen (secondary N) is 1. The number of rotatable bonds is 5. The first-order valence-corrected chi connectivity index (χ1v) is 7.13. The molecule has 1 aliphatic rings. The van der Waals surface area contributed by atoms with Crippen molar-refractivity contribution in [2.24, 2.45) is 11.8 Å². The summed E-state index contributed by atoms with van der Waals surface area (Å²) in [4.78, 5) is 0. The number of hydrogen-bond donors (Lipinski definition) is 1. The van der Waals surface area contributed by atoms with Crippen molar-refractivity contribution in [3.05, 3.63) is 24.0 Å². The van der Waals surface area contributed by atoms with Crippen LogP contribution in [-0.2, 0) is 13.1 Å². The first-order valence-electron chi connectivity index (χ1n) is 7.13. The average molecular weight is 234 g/mol. The number of nitrogens with zero attached hydrogens (tertiary/aromatic N) is 1. The highest BCUT2D eigenvalue weighted by molar-refractivity contribution is 5.09. The molecule has 1 N–H and O–H groups in total. The van der Waals surface area contributed by atoms with Crippen LogP contribution in [0.4, 0.5) is 0 Å². The Morgan fingerprint density at radius 1 is 1.41 bits per heavy atom. The molecule has 0 saturated heterocycles. The molecular formula is C15H26N2. The second-order valence-corrected chi connectivity index (χ2v) is 5.62. The van der Waals surface area contributed by atoms with Crippen LogP contribution in [0.15, 0.2) is 18.5 Å². The van der Waals surface area contributed by atoms with E-state index in [4.69, 9.17) is 0 Å². The molecule has 2 atom stereocenters. The van der Waals surface area contributed by atoms with E-state index in [1.165, 1.54) is 37.8 Å². The monoisotopic (exact) mass is 234 g/mol. The standard InChI is InChI=1S/C15H26N2/c1-3-17-8-7-15(12-17)11-16-10-14-6-4-5-13(2)9-14/h7-8,12-14,16H,3-6,9-11H2,1-2H3. The van der Waals surface area contributed by atoms with Gasteiger partial charge >= 0.3 is 0 Å². The molecule has 1 fully saturated rings. The van der Waals surface area contributed by atoms with Crippen molar-refractivity contribution in [1.29, 1.82) is 0 Å². The summed E-state index contributed by atoms with van der Waals surface area (Å²) < 4.78 is 2.24. The van der Waals surface area contributed by atoms with E-state index >= 15 is 0 Å². The Morgan fingerprint density at radius 2 is 2.29 bits per heavy atom. The van der Waals surface area contributed by atoms with Gasteiger partial charge in [0.1, 0.15) is 0 Å². The highest BCUT2D eigenvalue weighted by atomic mass is 14.9. The van der Waals surface area contributed by atoms with Crippen LogP contribution in [0.25, 0.3) is 0 Å². The maximum Gasteiger partial charge on any atom is 0.0220 e. The Morgan fingerprint density at radius 3 is 3.00 bits per heavy atom. The van der Waals surface area contributed by atoms with E-state index in [-0.39, 0.29) is 0 Å². The van der Waals surface area contributed by atoms with Crippen molar-refractivity contribution in [2.75, 3.05) is 6.54 Å². The lowest BCUT2D eigenvalue weighted by molar-refractivity contribution is 0.274. The maximum atomic E-state index is 3.62. The van der Waals surface area contributed by atoms with Crippen LogP contribution in [0, 0.1) is 11.8 Å². The number of aryl methyl sites for hydroxylation is 1. The molecule has 17 heavy (non-hydrogen) atoms. The smallest absolute Gasteiger partial charge is 0.0220 e. The van der Waals surface area contributed by atoms with Crippen LogP contribution in [-0.4, -0.2) is 11.1 Å². The first-order chi connectivity index (χ1) is 8.28. The zero-order valence-electron chi connectivity index (χ0n) is 11.3. The summed E-state index contributed by atoms with van der Waals surface area (Å²) in [7, 11) is 0. The summed E-state index contributed by atoms with van der Waals surface area (Å²) in [5.74, 6) is 1.85. The zero-order valence-corrected chi connectivity index (χ0v) is 11.3. The molecule has 1 heterocycles. The van der Waals surface area contributed by atoms with E-state index < -0.39 is 0 Å². The second-order valence-electron chi connectivity index (χ2n) is 5.62. The highest BCUT2D eigenvalue weighted by Crippen LogP contribution is 2.27. The normalized spacial score (nSPS) is 25.1. The van der Waals surface area contributed by atoms with Gasteiger partial charge in [-0.3, -0.25) is 0 Å². The molecule has 0 spiro atoms. The van der Waals surface area contributed by atoms with E-state index in [1.54, 1.807) is 0 Å². The minimum absolute atomic E-state index is 0.909. The number of hydrogen-bond acceptors (Lipinski definition) is 1. The van der Waals surface area contributed by atoms with E-state index in [9.17, 15) is 0 Å². The van der Waals surface area contributed by atoms with E-state index in [2.05, 4.69) is 42.2 Å². The lowest BCUT2D eigenvalue weighted by atomic mass is 9.82. The molecule has 1 saturated carbocycles. The van der Waals surface area contributed by atoms with Gasteiger partial charge in [-0.2, -0.15) is 0 Å². The van der Waals surface area contributed by atoms with Crippen LogP contribution < -0.4 is 5.32 Å². The second kappa shape index (κ2) is 6.25. The highest BCUT2D eigenvalue weighted by Gasteiger charge is 2.18. The molecule has 1 aliphatic carbocycles. The largest absolute Gasteiger partial charge is 0.354 e. The summed E-state index contributed by atoms with van der Waals surface area (Å²) in [6.45, 7) is 7.87. The van der Waals surface area contributed by atoms with Gasteiger partial charge in [0.05, 0.1) is 0 Å². The van der Waals surface area contributed by atoms with Gasteiger partial charge in [0, 0.05) is 25.5 Å². The van der Waals surface area contributed by atoms with Gasteiger partial charge < -0.3 is 9.88 Å². The molecule has 0 aromatic carbocycles. The summed E-state index contributed by atoms with van der Waals surface area (Å²) in [6.07, 6.45) is 10.1. The van der Waals surface area contributed by atoms with Crippen LogP contribution in [0.3, 0.4) is 0 Å². The van der Waals surface area contributed by atoms with Crippen molar-refractivity contribution in [2.45, 2.75) is 52.6 Å². The molecule has 1 aromatic heterocycles. The van der Waals surface area contributed by atoms with Crippen LogP contribution in [0.2, 0.25) is 0 Å². The lowest BCUT2D eigenvalue weighted by Crippen LogP contribution is -2.26. The predicted octanol–water partition coefficient (Wildman–Crippen LogP) is 3.42. The number of aromatic nitrogens is 1. The van der Waals surface area contributed by atoms with Crippen molar-refractivity contribution < 1.29 is 0 Å². The fourth-order valence-electron chi connectivity index (χ4n) is 2.96. The van der Waals surface area contributed by atoms with Gasteiger partial charge in [-0.05, 0) is 49.8 Å². The van der Waals surface area contributed by atoms with Crippen LogP contribution in [0.5, 0.6) is 0 Å². The predicted molar refractivity (Wildman–Crippen MR) is 72.9 cm³/mol. The molecule has 96 valence electrons. The molecule has 2 unspecified atom stereocenters. The fourth-order valence-corrected chi connectivity index (χ4v) is 2.96. The Labute approximate surface area is 105 Å². The van der Waals surface area contributed by atoms with Gasteiger partial charge in [0.2, 0.25) is 0 Å². The zero-order chi connectivity index (χ0) is 12.1. The van der Waals surface area contributed by atoms with E-state index in [1.807, 2.05) is 0 Å². The van der Waals surface area contributed by atoms with E-state index in [0.717, 1.165) is 24.9 Å². The molecule has 2 heteroatoms. The molecular weight excluding hydrogens is 208 g/mol. The SMILES string of the molecule is CCn1ccc(CNCC2CCCC(C)C2)c1. The summed E-state index contributed by atoms with van der Waals surface area (Å²) >= 11 is 0. The fraction of sp³-hybridized carbons (Fsp3) is 0.733. The van der Waals surface area contributed by atoms with Crippen molar-refractivity contribution >= 4 is 0 Å². The Balaban J connectivity index is 1.68. The molecule has 1 aromatic rings. The Kier molecular flexibility index (Phi) is 4.66. The Bertz CT molecular complexity index is 329. The molecule has 2 rings (SSSR count). The summed E-state index contributed by atoms with van der Waals surface area (Å²) in [5, 5.41) is 3.62. The van der Waals surface area contributed by atoms with E-state index in [0.29, 0.717) is 0 Å². The first kappa shape index (κ1) is 12.7. The third-order valence-electron chi connectivity index (χ3n) is 3.98. The van der Waals surface area contributed by atoms with Gasteiger partial charge in [0.25, 0.3) is 0 Å². The average Bonchev–Trinajstić information content (AvgIpc) is 2.77. The molecule has 0 amide bonds. The lowest BCUT2D eigenvalue weighted by Gasteiger charge is -2.26. The van der Waals surface area contributed by atoms with Crippen molar-refractivity contribution in [1.82, 2.24) is 9.88 Å². The van der Waals surface area contributed by atoms with Crippen LogP contribution >= 0.6 is 0 Å². The molecule has 0 aliphatic heterocycles. The van der Waals surface area contributed by atoms with Crippen molar-refractivity contribution in [3.8, 4) is 0 Å². The molecule has 2 nitrogen and oxygen atoms in total. The summed E-state index contributed by atoms with van der Waals surface area (Å²) in [5.41, 5.74) is 1.41. The van der Waals surface area contributed by atoms with Gasteiger partial charge in [0.15, 0.2) is 0 Å². The van der Waals surface area contributed by atoms with Gasteiger partial charge in [-0.15, -0.1) is 0 Å². The third-order valence-corrected chi connectivity index (χ3v) is 3.98. The maximum absolute atomic E-state index is 3.62. The van der Waals surface area contributed by atoms with Gasteiger partial charge in [-0.25, -0.2) is 0 Å². The van der Waals surface area contributed by atoms with Crippen molar-refractivity contribution in [3.63, 3.8) is 0 Å². The minimum Gasteiger partial charge on any atom is -0.354 e. The third kappa shape index (κ3) is 3.88. The molecule has 0 bridgehead atoms. The minimum atomic E-state index is 0.909. The quantitative estimate of drug-likeness (QED) is 0.826. The van der Waals surface area contributed by atoms with Crippen LogP contribution in [0.1, 0.15) is 45.1 Å². The molecule has 0 radical (unpaired) electrons.